The number of nitrogens with zero attached hydrogens (tertiary/aromatic N) is 3. The van der Waals surface area contributed by atoms with Gasteiger partial charge in [0.15, 0.2) is 0 Å². The Bertz CT molecular complexity index is 748. The Balaban J connectivity index is 2.23. The van der Waals surface area contributed by atoms with E-state index in [9.17, 15) is 9.90 Å². The van der Waals surface area contributed by atoms with E-state index in [1.54, 1.807) is 11.0 Å². The van der Waals surface area contributed by atoms with Crippen LogP contribution in [0.2, 0.25) is 0 Å². The molecule has 0 saturated heterocycles. The van der Waals surface area contributed by atoms with Crippen molar-refractivity contribution in [1.29, 1.82) is 0 Å². The van der Waals surface area contributed by atoms with Gasteiger partial charge in [0, 0.05) is 0 Å². The fourth-order valence-corrected chi connectivity index (χ4v) is 3.86. The molecule has 128 valence electrons. The zero-order valence-corrected chi connectivity index (χ0v) is 14.0. The third kappa shape index (κ3) is 2.60. The van der Waals surface area contributed by atoms with Gasteiger partial charge in [0.25, 0.3) is 0 Å². The van der Waals surface area contributed by atoms with Gasteiger partial charge in [0.2, 0.25) is 11.9 Å². The zero-order chi connectivity index (χ0) is 17.5. The maximum atomic E-state index is 11.8. The minimum Gasteiger partial charge on any atom is -0.478 e. The first-order chi connectivity index (χ1) is 11.3. The van der Waals surface area contributed by atoms with Crippen molar-refractivity contribution in [3.05, 3.63) is 28.8 Å². The molecule has 1 aliphatic heterocycles. The summed E-state index contributed by atoms with van der Waals surface area (Å²) in [5.74, 6) is -0.621. The summed E-state index contributed by atoms with van der Waals surface area (Å²) in [4.78, 5) is 22.4. The third-order valence-corrected chi connectivity index (χ3v) is 4.75. The number of carbonyl (C=O) groups is 1. The van der Waals surface area contributed by atoms with Crippen LogP contribution >= 0.6 is 0 Å². The predicted molar refractivity (Wildman–Crippen MR) is 94.4 cm³/mol. The lowest BCUT2D eigenvalue weighted by atomic mass is 9.86. The molecule has 7 nitrogen and oxygen atoms in total. The summed E-state index contributed by atoms with van der Waals surface area (Å²) in [6, 6.07) is 3.61. The number of hydrogen-bond acceptors (Lipinski definition) is 6. The molecule has 3 rings (SSSR count). The van der Waals surface area contributed by atoms with E-state index in [0.717, 1.165) is 43.2 Å². The van der Waals surface area contributed by atoms with Gasteiger partial charge < -0.3 is 16.6 Å². The van der Waals surface area contributed by atoms with Crippen LogP contribution < -0.4 is 16.4 Å². The van der Waals surface area contributed by atoms with Gasteiger partial charge in [-0.15, -0.1) is 0 Å². The van der Waals surface area contributed by atoms with Crippen molar-refractivity contribution in [1.82, 2.24) is 0 Å². The van der Waals surface area contributed by atoms with Crippen LogP contribution in [0.5, 0.6) is 0 Å². The second-order valence-corrected chi connectivity index (χ2v) is 6.60. The molecular weight excluding hydrogens is 306 g/mol. The average Bonchev–Trinajstić information content (AvgIpc) is 2.48. The van der Waals surface area contributed by atoms with E-state index >= 15 is 0 Å². The number of carboxylic acid groups (broad SMARTS) is 1. The van der Waals surface area contributed by atoms with Crippen molar-refractivity contribution in [3.63, 3.8) is 0 Å². The van der Waals surface area contributed by atoms with Crippen molar-refractivity contribution in [2.45, 2.75) is 51.6 Å². The Hall–Kier alpha value is -2.57. The van der Waals surface area contributed by atoms with Gasteiger partial charge in [-0.25, -0.2) is 9.79 Å². The number of carboxylic acids is 1. The molecule has 5 N–H and O–H groups in total. The summed E-state index contributed by atoms with van der Waals surface area (Å²) >= 11 is 0. The molecule has 1 spiro atoms. The van der Waals surface area contributed by atoms with Crippen LogP contribution in [0.1, 0.15) is 53.6 Å². The monoisotopic (exact) mass is 329 g/mol. The Labute approximate surface area is 141 Å². The van der Waals surface area contributed by atoms with Gasteiger partial charge in [-0.05, 0) is 56.7 Å². The number of aromatic carboxylic acids is 1. The van der Waals surface area contributed by atoms with Gasteiger partial charge in [-0.2, -0.15) is 4.99 Å². The average molecular weight is 329 g/mol. The lowest BCUT2D eigenvalue weighted by Crippen LogP contribution is -2.58. The highest BCUT2D eigenvalue weighted by molar-refractivity contribution is 6.09. The number of rotatable bonds is 2. The summed E-state index contributed by atoms with van der Waals surface area (Å²) in [7, 11) is 0. The van der Waals surface area contributed by atoms with Crippen LogP contribution in [0.3, 0.4) is 0 Å². The van der Waals surface area contributed by atoms with E-state index in [2.05, 4.69) is 9.98 Å². The van der Waals surface area contributed by atoms with E-state index in [1.807, 2.05) is 19.9 Å². The van der Waals surface area contributed by atoms with E-state index < -0.39 is 11.6 Å². The first kappa shape index (κ1) is 16.3. The van der Waals surface area contributed by atoms with Crippen LogP contribution in [0.4, 0.5) is 5.69 Å². The predicted octanol–water partition coefficient (Wildman–Crippen LogP) is 2.11. The zero-order valence-electron chi connectivity index (χ0n) is 14.0. The topological polar surface area (TPSA) is 117 Å². The molecule has 0 unspecified atom stereocenters. The highest BCUT2D eigenvalue weighted by Crippen LogP contribution is 2.42. The Morgan fingerprint density at radius 1 is 1.21 bits per heavy atom. The standard InChI is InChI=1S/C17H23N5O2/c1-10-8-11(2)13(12(9-10)14(23)24)22-16(19)20-15(18)21-17(22)6-4-3-5-7-17/h8-9H,3-7H2,1-2H3,(H,23,24)(H4,18,19,20,21). The number of nitrogens with two attached hydrogens (primary N) is 2. The maximum absolute atomic E-state index is 11.8. The molecule has 0 aromatic heterocycles. The van der Waals surface area contributed by atoms with Gasteiger partial charge in [-0.1, -0.05) is 12.5 Å². The first-order valence-corrected chi connectivity index (χ1v) is 8.18. The number of guanidine groups is 2. The second-order valence-electron chi connectivity index (χ2n) is 6.60. The number of benzene rings is 1. The van der Waals surface area contributed by atoms with Gasteiger partial charge in [0.1, 0.15) is 5.66 Å². The summed E-state index contributed by atoms with van der Waals surface area (Å²) in [6.45, 7) is 3.77. The van der Waals surface area contributed by atoms with E-state index in [4.69, 9.17) is 11.5 Å². The van der Waals surface area contributed by atoms with E-state index in [1.165, 1.54) is 0 Å². The van der Waals surface area contributed by atoms with Crippen LogP contribution in [-0.4, -0.2) is 28.7 Å². The number of aryl methyl sites for hydroxylation is 2. The number of aliphatic imine (C=N–C) groups is 2. The Kier molecular flexibility index (Phi) is 3.95. The lowest BCUT2D eigenvalue weighted by molar-refractivity contribution is 0.0697. The highest BCUT2D eigenvalue weighted by atomic mass is 16.4. The SMILES string of the molecule is Cc1cc(C)c(N2C(N)=NC(N)=NC23CCCCC3)c(C(=O)O)c1. The van der Waals surface area contributed by atoms with Crippen LogP contribution in [0, 0.1) is 13.8 Å². The molecule has 1 saturated carbocycles. The molecule has 2 aliphatic rings. The Morgan fingerprint density at radius 3 is 2.50 bits per heavy atom. The molecule has 1 aliphatic carbocycles. The number of hydrogen-bond donors (Lipinski definition) is 3. The van der Waals surface area contributed by atoms with Gasteiger partial charge >= 0.3 is 5.97 Å². The maximum Gasteiger partial charge on any atom is 0.337 e. The van der Waals surface area contributed by atoms with Crippen molar-refractivity contribution in [2.24, 2.45) is 21.5 Å². The van der Waals surface area contributed by atoms with E-state index in [0.29, 0.717) is 5.69 Å². The van der Waals surface area contributed by atoms with Crippen molar-refractivity contribution < 1.29 is 9.90 Å². The highest BCUT2D eigenvalue weighted by Gasteiger charge is 2.44. The minimum absolute atomic E-state index is 0.160. The molecule has 1 fully saturated rings. The molecule has 24 heavy (non-hydrogen) atoms. The molecule has 1 aromatic carbocycles. The fraction of sp³-hybridized carbons (Fsp3) is 0.471. The summed E-state index contributed by atoms with van der Waals surface area (Å²) < 4.78 is 0. The molecule has 1 heterocycles. The van der Waals surface area contributed by atoms with Crippen LogP contribution in [-0.2, 0) is 0 Å². The summed E-state index contributed by atoms with van der Waals surface area (Å²) in [6.07, 6.45) is 4.66. The van der Waals surface area contributed by atoms with Gasteiger partial charge in [0.05, 0.1) is 11.3 Å². The molecule has 0 amide bonds. The molecule has 0 radical (unpaired) electrons. The smallest absolute Gasteiger partial charge is 0.337 e. The minimum atomic E-state index is -0.988. The lowest BCUT2D eigenvalue weighted by Gasteiger charge is -2.46. The normalized spacial score (nSPS) is 19.8. The van der Waals surface area contributed by atoms with Crippen molar-refractivity contribution in [3.8, 4) is 0 Å². The molecular formula is C17H23N5O2. The van der Waals surface area contributed by atoms with Crippen LogP contribution in [0.15, 0.2) is 22.1 Å². The van der Waals surface area contributed by atoms with Gasteiger partial charge in [-0.3, -0.25) is 4.90 Å². The molecule has 1 aromatic rings. The summed E-state index contributed by atoms with van der Waals surface area (Å²) in [5.41, 5.74) is 13.9. The van der Waals surface area contributed by atoms with Crippen molar-refractivity contribution in [2.75, 3.05) is 4.90 Å². The third-order valence-electron chi connectivity index (χ3n) is 4.75. The second kappa shape index (κ2) is 5.81. The quantitative estimate of drug-likeness (QED) is 0.768. The molecule has 7 heteroatoms. The molecule has 0 atom stereocenters. The fourth-order valence-electron chi connectivity index (χ4n) is 3.86. The summed E-state index contributed by atoms with van der Waals surface area (Å²) in [5, 5.41) is 9.70. The van der Waals surface area contributed by atoms with Crippen molar-refractivity contribution >= 4 is 23.6 Å². The Morgan fingerprint density at radius 2 is 1.88 bits per heavy atom. The van der Waals surface area contributed by atoms with Crippen LogP contribution in [0.25, 0.3) is 0 Å². The largest absolute Gasteiger partial charge is 0.478 e. The molecule has 0 bridgehead atoms. The first-order valence-electron chi connectivity index (χ1n) is 8.18. The number of anilines is 1. The van der Waals surface area contributed by atoms with E-state index in [-0.39, 0.29) is 17.5 Å².